The third kappa shape index (κ3) is 3.72. The van der Waals surface area contributed by atoms with Crippen LogP contribution in [0.1, 0.15) is 18.9 Å². The van der Waals surface area contributed by atoms with Gasteiger partial charge in [-0.25, -0.2) is 0 Å². The number of nitro groups is 1. The highest BCUT2D eigenvalue weighted by Gasteiger charge is 2.19. The number of nitrogens with one attached hydrogen (secondary N) is 2. The summed E-state index contributed by atoms with van der Waals surface area (Å²) in [5, 5.41) is 17.6. The number of anilines is 3. The molecule has 0 saturated carbocycles. The molecule has 2 N–H and O–H groups in total. The summed E-state index contributed by atoms with van der Waals surface area (Å²) in [6, 6.07) is 13.0. The van der Waals surface area contributed by atoms with Crippen molar-refractivity contribution in [2.45, 2.75) is 20.3 Å². The van der Waals surface area contributed by atoms with Crippen LogP contribution in [0.2, 0.25) is 0 Å². The van der Waals surface area contributed by atoms with Gasteiger partial charge in [-0.15, -0.1) is 0 Å². The van der Waals surface area contributed by atoms with E-state index in [1.165, 1.54) is 0 Å². The lowest BCUT2D eigenvalue weighted by Crippen LogP contribution is -2.05. The molecule has 0 heterocycles. The SMILES string of the molecule is CCCNc1cccc(Nc2cccc(C)c2)c1[N+](=O)[O-]. The highest BCUT2D eigenvalue weighted by molar-refractivity contribution is 5.79. The molecule has 0 spiro atoms. The van der Waals surface area contributed by atoms with Crippen molar-refractivity contribution in [1.29, 1.82) is 0 Å². The first-order chi connectivity index (χ1) is 10.1. The minimum Gasteiger partial charge on any atom is -0.379 e. The Morgan fingerprint density at radius 2 is 1.86 bits per heavy atom. The number of hydrogen-bond acceptors (Lipinski definition) is 4. The van der Waals surface area contributed by atoms with E-state index in [0.717, 1.165) is 17.7 Å². The molecule has 0 amide bonds. The molecule has 0 bridgehead atoms. The van der Waals surface area contributed by atoms with Crippen LogP contribution in [0.3, 0.4) is 0 Å². The lowest BCUT2D eigenvalue weighted by atomic mass is 10.2. The van der Waals surface area contributed by atoms with E-state index >= 15 is 0 Å². The normalized spacial score (nSPS) is 10.2. The second kappa shape index (κ2) is 6.74. The van der Waals surface area contributed by atoms with Crippen molar-refractivity contribution in [2.24, 2.45) is 0 Å². The Balaban J connectivity index is 2.36. The second-order valence-electron chi connectivity index (χ2n) is 4.88. The first kappa shape index (κ1) is 14.8. The van der Waals surface area contributed by atoms with E-state index in [1.807, 2.05) is 44.2 Å². The molecule has 0 atom stereocenters. The molecule has 0 fully saturated rings. The quantitative estimate of drug-likeness (QED) is 0.607. The van der Waals surface area contributed by atoms with E-state index < -0.39 is 0 Å². The van der Waals surface area contributed by atoms with Crippen LogP contribution in [-0.4, -0.2) is 11.5 Å². The van der Waals surface area contributed by atoms with Crippen LogP contribution in [0, 0.1) is 17.0 Å². The summed E-state index contributed by atoms with van der Waals surface area (Å²) >= 11 is 0. The molecule has 21 heavy (non-hydrogen) atoms. The maximum Gasteiger partial charge on any atom is 0.315 e. The van der Waals surface area contributed by atoms with Gasteiger partial charge in [0.25, 0.3) is 0 Å². The summed E-state index contributed by atoms with van der Waals surface area (Å²) in [5.41, 5.74) is 3.05. The standard InChI is InChI=1S/C16H19N3O2/c1-3-10-17-14-8-5-9-15(16(14)19(20)21)18-13-7-4-6-12(2)11-13/h4-9,11,17-18H,3,10H2,1-2H3. The van der Waals surface area contributed by atoms with Crippen LogP contribution < -0.4 is 10.6 Å². The Labute approximate surface area is 124 Å². The van der Waals surface area contributed by atoms with Crippen LogP contribution in [-0.2, 0) is 0 Å². The molecule has 0 aliphatic heterocycles. The molecule has 0 radical (unpaired) electrons. The Morgan fingerprint density at radius 3 is 2.52 bits per heavy atom. The molecule has 5 heteroatoms. The van der Waals surface area contributed by atoms with Crippen molar-refractivity contribution in [2.75, 3.05) is 17.2 Å². The summed E-state index contributed by atoms with van der Waals surface area (Å²) in [4.78, 5) is 11.0. The topological polar surface area (TPSA) is 67.2 Å². The van der Waals surface area contributed by atoms with Crippen LogP contribution >= 0.6 is 0 Å². The fourth-order valence-corrected chi connectivity index (χ4v) is 2.12. The lowest BCUT2D eigenvalue weighted by molar-refractivity contribution is -0.383. The molecule has 0 aliphatic rings. The van der Waals surface area contributed by atoms with E-state index in [0.29, 0.717) is 17.9 Å². The average Bonchev–Trinajstić information content (AvgIpc) is 2.45. The van der Waals surface area contributed by atoms with Gasteiger partial charge in [0.1, 0.15) is 11.4 Å². The summed E-state index contributed by atoms with van der Waals surface area (Å²) in [6.07, 6.45) is 0.909. The zero-order valence-electron chi connectivity index (χ0n) is 12.2. The maximum absolute atomic E-state index is 11.4. The van der Waals surface area contributed by atoms with E-state index in [9.17, 15) is 10.1 Å². The van der Waals surface area contributed by atoms with Gasteiger partial charge in [-0.2, -0.15) is 0 Å². The average molecular weight is 285 g/mol. The minimum absolute atomic E-state index is 0.0763. The second-order valence-corrected chi connectivity index (χ2v) is 4.88. The first-order valence-electron chi connectivity index (χ1n) is 6.96. The summed E-state index contributed by atoms with van der Waals surface area (Å²) in [7, 11) is 0. The van der Waals surface area contributed by atoms with Gasteiger partial charge < -0.3 is 10.6 Å². The molecule has 2 rings (SSSR count). The third-order valence-electron chi connectivity index (χ3n) is 3.08. The fraction of sp³-hybridized carbons (Fsp3) is 0.250. The number of hydrogen-bond donors (Lipinski definition) is 2. The minimum atomic E-state index is -0.351. The molecular formula is C16H19N3O2. The van der Waals surface area contributed by atoms with Crippen molar-refractivity contribution in [3.05, 3.63) is 58.1 Å². The number of nitro benzene ring substituents is 1. The van der Waals surface area contributed by atoms with Gasteiger partial charge in [0.05, 0.1) is 4.92 Å². The molecule has 0 unspecified atom stereocenters. The largest absolute Gasteiger partial charge is 0.379 e. The predicted octanol–water partition coefficient (Wildman–Crippen LogP) is 4.47. The summed E-state index contributed by atoms with van der Waals surface area (Å²) in [6.45, 7) is 4.71. The zero-order valence-corrected chi connectivity index (χ0v) is 12.2. The van der Waals surface area contributed by atoms with Crippen molar-refractivity contribution in [3.8, 4) is 0 Å². The molecular weight excluding hydrogens is 266 g/mol. The number of para-hydroxylation sites is 1. The summed E-state index contributed by atoms with van der Waals surface area (Å²) < 4.78 is 0. The predicted molar refractivity (Wildman–Crippen MR) is 86.3 cm³/mol. The van der Waals surface area contributed by atoms with Crippen molar-refractivity contribution in [3.63, 3.8) is 0 Å². The van der Waals surface area contributed by atoms with Crippen molar-refractivity contribution in [1.82, 2.24) is 0 Å². The Hall–Kier alpha value is -2.56. The third-order valence-corrected chi connectivity index (χ3v) is 3.08. The molecule has 2 aromatic rings. The Bertz CT molecular complexity index is 641. The van der Waals surface area contributed by atoms with Crippen molar-refractivity contribution >= 4 is 22.7 Å². The molecule has 0 aliphatic carbocycles. The van der Waals surface area contributed by atoms with Crippen LogP contribution in [0.25, 0.3) is 0 Å². The molecule has 0 aromatic heterocycles. The smallest absolute Gasteiger partial charge is 0.315 e. The molecule has 5 nitrogen and oxygen atoms in total. The first-order valence-corrected chi connectivity index (χ1v) is 6.96. The molecule has 2 aromatic carbocycles. The van der Waals surface area contributed by atoms with E-state index in [4.69, 9.17) is 0 Å². The van der Waals surface area contributed by atoms with E-state index in [2.05, 4.69) is 10.6 Å². The number of aryl methyl sites for hydroxylation is 1. The monoisotopic (exact) mass is 285 g/mol. The van der Waals surface area contributed by atoms with E-state index in [1.54, 1.807) is 12.1 Å². The summed E-state index contributed by atoms with van der Waals surface area (Å²) in [5.74, 6) is 0. The Kier molecular flexibility index (Phi) is 4.77. The van der Waals surface area contributed by atoms with Gasteiger partial charge in [-0.05, 0) is 43.2 Å². The molecule has 110 valence electrons. The van der Waals surface area contributed by atoms with Gasteiger partial charge in [0, 0.05) is 12.2 Å². The van der Waals surface area contributed by atoms with Crippen LogP contribution in [0.4, 0.5) is 22.7 Å². The van der Waals surface area contributed by atoms with Crippen LogP contribution in [0.5, 0.6) is 0 Å². The van der Waals surface area contributed by atoms with Crippen LogP contribution in [0.15, 0.2) is 42.5 Å². The number of benzene rings is 2. The Morgan fingerprint density at radius 1 is 1.14 bits per heavy atom. The molecule has 0 saturated heterocycles. The number of nitrogens with zero attached hydrogens (tertiary/aromatic N) is 1. The van der Waals surface area contributed by atoms with Gasteiger partial charge >= 0.3 is 5.69 Å². The highest BCUT2D eigenvalue weighted by Crippen LogP contribution is 2.34. The highest BCUT2D eigenvalue weighted by atomic mass is 16.6. The number of rotatable bonds is 6. The van der Waals surface area contributed by atoms with Gasteiger partial charge in [-0.1, -0.05) is 25.1 Å². The zero-order chi connectivity index (χ0) is 15.2. The maximum atomic E-state index is 11.4. The lowest BCUT2D eigenvalue weighted by Gasteiger charge is -2.11. The van der Waals surface area contributed by atoms with E-state index in [-0.39, 0.29) is 10.6 Å². The van der Waals surface area contributed by atoms with Crippen molar-refractivity contribution < 1.29 is 4.92 Å². The fourth-order valence-electron chi connectivity index (χ4n) is 2.12. The van der Waals surface area contributed by atoms with Gasteiger partial charge in [0.15, 0.2) is 0 Å². The van der Waals surface area contributed by atoms with Gasteiger partial charge in [-0.3, -0.25) is 10.1 Å². The van der Waals surface area contributed by atoms with Gasteiger partial charge in [0.2, 0.25) is 0 Å².